The molecule has 0 unspecified atom stereocenters. The van der Waals surface area contributed by atoms with Crippen molar-refractivity contribution in [2.24, 2.45) is 0 Å². The third-order valence-electron chi connectivity index (χ3n) is 2.99. The molecule has 0 bridgehead atoms. The van der Waals surface area contributed by atoms with Crippen LogP contribution in [0.4, 0.5) is 0 Å². The number of halogens is 1. The number of ether oxygens (including phenoxy) is 2. The van der Waals surface area contributed by atoms with E-state index in [1.54, 1.807) is 7.11 Å². The van der Waals surface area contributed by atoms with Gasteiger partial charge in [-0.15, -0.1) is 0 Å². The summed E-state index contributed by atoms with van der Waals surface area (Å²) in [6, 6.07) is 7.34. The molecular weight excluding hydrogens is 368 g/mol. The summed E-state index contributed by atoms with van der Waals surface area (Å²) in [5.74, 6) is 1.88. The van der Waals surface area contributed by atoms with Crippen LogP contribution in [0.2, 0.25) is 6.04 Å². The molecule has 0 aliphatic carbocycles. The Morgan fingerprint density at radius 1 is 1.19 bits per heavy atom. The van der Waals surface area contributed by atoms with Crippen molar-refractivity contribution in [1.29, 1.82) is 0 Å². The summed E-state index contributed by atoms with van der Waals surface area (Å²) < 4.78 is 17.6. The van der Waals surface area contributed by atoms with Gasteiger partial charge in [0.25, 0.3) is 0 Å². The molecule has 0 fully saturated rings. The van der Waals surface area contributed by atoms with E-state index < -0.39 is 0 Å². The Hall–Kier alpha value is -0.0131. The minimum absolute atomic E-state index is 0.366. The van der Waals surface area contributed by atoms with Crippen molar-refractivity contribution in [2.45, 2.75) is 25.3 Å². The fourth-order valence-electron chi connectivity index (χ4n) is 1.83. The van der Waals surface area contributed by atoms with Crippen molar-refractivity contribution in [3.05, 3.63) is 28.2 Å². The normalized spacial score (nSPS) is 11.4. The zero-order valence-electron chi connectivity index (χ0n) is 12.6. The highest BCUT2D eigenvalue weighted by molar-refractivity contribution is 9.10. The minimum Gasteiger partial charge on any atom is -0.493 e. The second-order valence-electron chi connectivity index (χ2n) is 4.74. The van der Waals surface area contributed by atoms with E-state index in [0.717, 1.165) is 42.0 Å². The average Bonchev–Trinajstić information content (AvgIpc) is 2.50. The highest BCUT2D eigenvalue weighted by Gasteiger charge is 2.03. The fraction of sp³-hybridized carbons (Fsp3) is 0.600. The number of hydrogen-bond acceptors (Lipinski definition) is 4. The number of thiol groups is 1. The van der Waals surface area contributed by atoms with E-state index in [1.165, 1.54) is 18.0 Å². The summed E-state index contributed by atoms with van der Waals surface area (Å²) in [6.07, 6.45) is 3.00. The lowest BCUT2D eigenvalue weighted by atomic mass is 10.1. The van der Waals surface area contributed by atoms with Crippen molar-refractivity contribution in [2.75, 3.05) is 32.7 Å². The smallest absolute Gasteiger partial charge is 0.161 e. The van der Waals surface area contributed by atoms with Crippen LogP contribution in [-0.4, -0.2) is 42.4 Å². The second-order valence-corrected chi connectivity index (χ2v) is 7.57. The van der Waals surface area contributed by atoms with Crippen LogP contribution in [0.5, 0.6) is 5.75 Å². The van der Waals surface area contributed by atoms with E-state index in [2.05, 4.69) is 34.6 Å². The first-order valence-electron chi connectivity index (χ1n) is 7.36. The van der Waals surface area contributed by atoms with Gasteiger partial charge >= 0.3 is 0 Å². The van der Waals surface area contributed by atoms with Gasteiger partial charge in [0.05, 0.1) is 6.61 Å². The van der Waals surface area contributed by atoms with Gasteiger partial charge in [0.1, 0.15) is 5.75 Å². The molecule has 21 heavy (non-hydrogen) atoms. The molecular formula is C15H25BrO3SSi. The summed E-state index contributed by atoms with van der Waals surface area (Å²) >= 11 is 7.80. The average molecular weight is 393 g/mol. The van der Waals surface area contributed by atoms with Crippen LogP contribution in [0.25, 0.3) is 0 Å². The van der Waals surface area contributed by atoms with Crippen LogP contribution in [0.15, 0.2) is 22.7 Å². The maximum Gasteiger partial charge on any atom is 0.161 e. The molecule has 0 radical (unpaired) electrons. The van der Waals surface area contributed by atoms with E-state index in [9.17, 15) is 0 Å². The van der Waals surface area contributed by atoms with Crippen LogP contribution < -0.4 is 4.74 Å². The van der Waals surface area contributed by atoms with Crippen LogP contribution in [0, 0.1) is 0 Å². The molecule has 3 nitrogen and oxygen atoms in total. The molecule has 0 amide bonds. The second kappa shape index (κ2) is 12.5. The maximum atomic E-state index is 5.77. The molecule has 0 saturated carbocycles. The molecule has 1 rings (SSSR count). The van der Waals surface area contributed by atoms with Gasteiger partial charge in [0.15, 0.2) is 9.76 Å². The van der Waals surface area contributed by atoms with Gasteiger partial charge in [-0.25, -0.2) is 0 Å². The number of benzene rings is 1. The summed E-state index contributed by atoms with van der Waals surface area (Å²) in [5.41, 5.74) is 1.24. The van der Waals surface area contributed by atoms with Crippen LogP contribution >= 0.6 is 28.6 Å². The van der Waals surface area contributed by atoms with Crippen molar-refractivity contribution in [1.82, 2.24) is 0 Å². The molecule has 0 aliphatic rings. The Kier molecular flexibility index (Phi) is 11.4. The van der Waals surface area contributed by atoms with E-state index in [1.807, 2.05) is 12.1 Å². The topological polar surface area (TPSA) is 27.7 Å². The molecule has 120 valence electrons. The Balaban J connectivity index is 2.31. The van der Waals surface area contributed by atoms with Gasteiger partial charge in [-0.3, -0.25) is 0 Å². The Morgan fingerprint density at radius 2 is 2.05 bits per heavy atom. The molecule has 0 heterocycles. The lowest BCUT2D eigenvalue weighted by molar-refractivity contribution is 0.172. The van der Waals surface area contributed by atoms with E-state index in [-0.39, 0.29) is 9.76 Å². The lowest BCUT2D eigenvalue weighted by Crippen LogP contribution is -2.05. The first-order chi connectivity index (χ1) is 10.3. The molecule has 0 aromatic heterocycles. The SMILES string of the molecule is COCCCOc1ccc(Br)c(CCO[SiH2]CCCS)c1. The van der Waals surface area contributed by atoms with Crippen LogP contribution in [0.3, 0.4) is 0 Å². The molecule has 0 aliphatic heterocycles. The maximum absolute atomic E-state index is 5.77. The lowest BCUT2D eigenvalue weighted by Gasteiger charge is -2.10. The predicted molar refractivity (Wildman–Crippen MR) is 97.6 cm³/mol. The first kappa shape index (κ1) is 19.0. The van der Waals surface area contributed by atoms with Gasteiger partial charge < -0.3 is 13.9 Å². The zero-order valence-corrected chi connectivity index (χ0v) is 16.5. The standard InChI is InChI=1S/C15H25BrO3SSi/c1-17-7-2-8-18-14-4-5-15(16)13(12-14)6-9-19-21-11-3-10-20/h4-5,12,20H,2-3,6-11,21H2,1H3. The van der Waals surface area contributed by atoms with E-state index in [4.69, 9.17) is 13.9 Å². The van der Waals surface area contributed by atoms with E-state index >= 15 is 0 Å². The third kappa shape index (κ3) is 8.88. The van der Waals surface area contributed by atoms with Crippen molar-refractivity contribution in [3.63, 3.8) is 0 Å². The largest absolute Gasteiger partial charge is 0.493 e. The number of hydrogen-bond donors (Lipinski definition) is 1. The molecule has 0 saturated heterocycles. The Labute approximate surface area is 144 Å². The number of methoxy groups -OCH3 is 1. The van der Waals surface area contributed by atoms with E-state index in [0.29, 0.717) is 6.61 Å². The molecule has 0 atom stereocenters. The van der Waals surface area contributed by atoms with Crippen molar-refractivity contribution < 1.29 is 13.9 Å². The molecule has 1 aromatic carbocycles. The Bertz CT molecular complexity index is 393. The van der Waals surface area contributed by atoms with Gasteiger partial charge in [-0.1, -0.05) is 15.9 Å². The molecule has 6 heteroatoms. The van der Waals surface area contributed by atoms with Gasteiger partial charge in [0, 0.05) is 31.2 Å². The highest BCUT2D eigenvalue weighted by Crippen LogP contribution is 2.23. The Morgan fingerprint density at radius 3 is 2.81 bits per heavy atom. The van der Waals surface area contributed by atoms with Gasteiger partial charge in [-0.05, 0) is 48.4 Å². The highest BCUT2D eigenvalue weighted by atomic mass is 79.9. The molecule has 0 N–H and O–H groups in total. The predicted octanol–water partition coefficient (Wildman–Crippen LogP) is 3.25. The van der Waals surface area contributed by atoms with Gasteiger partial charge in [-0.2, -0.15) is 12.6 Å². The van der Waals surface area contributed by atoms with Crippen molar-refractivity contribution >= 4 is 38.3 Å². The molecule has 1 aromatic rings. The summed E-state index contributed by atoms with van der Waals surface area (Å²) in [4.78, 5) is 0. The van der Waals surface area contributed by atoms with Crippen LogP contribution in [0.1, 0.15) is 18.4 Å². The zero-order chi connectivity index (χ0) is 15.3. The molecule has 0 spiro atoms. The summed E-state index contributed by atoms with van der Waals surface area (Å²) in [6.45, 7) is 2.21. The van der Waals surface area contributed by atoms with Gasteiger partial charge in [0.2, 0.25) is 0 Å². The van der Waals surface area contributed by atoms with Crippen molar-refractivity contribution in [3.8, 4) is 5.75 Å². The third-order valence-corrected chi connectivity index (χ3v) is 5.45. The quantitative estimate of drug-likeness (QED) is 0.336. The number of rotatable bonds is 12. The minimum atomic E-state index is -0.366. The van der Waals surface area contributed by atoms with Crippen LogP contribution in [-0.2, 0) is 15.6 Å². The summed E-state index contributed by atoms with van der Waals surface area (Å²) in [5, 5.41) is 0. The monoisotopic (exact) mass is 392 g/mol. The summed E-state index contributed by atoms with van der Waals surface area (Å²) in [7, 11) is 1.34. The fourth-order valence-corrected chi connectivity index (χ4v) is 3.92. The first-order valence-corrected chi connectivity index (χ1v) is 10.4.